The van der Waals surface area contributed by atoms with E-state index < -0.39 is 11.8 Å². The number of hydrazone groups is 1. The molecule has 4 rings (SSSR count). The molecule has 0 aliphatic rings. The molecule has 198 valence electrons. The fourth-order valence-corrected chi connectivity index (χ4v) is 4.01. The van der Waals surface area contributed by atoms with Crippen LogP contribution in [-0.2, 0) is 4.79 Å². The first-order chi connectivity index (χ1) is 19.0. The van der Waals surface area contributed by atoms with Crippen LogP contribution in [0.15, 0.2) is 106 Å². The number of furan rings is 1. The van der Waals surface area contributed by atoms with Crippen molar-refractivity contribution in [1.29, 1.82) is 0 Å². The molecule has 2 N–H and O–H groups in total. The smallest absolute Gasteiger partial charge is 0.287 e. The SMILES string of the molecule is CCN(CC)c1ccc(/C=C(/NC(=O)c2ccccc2)C(=O)NN=Cc2ccc(-c3ccc(Cl)cc3)o2)cc1. The number of hydrogen-bond acceptors (Lipinski definition) is 5. The summed E-state index contributed by atoms with van der Waals surface area (Å²) in [6.45, 7) is 5.98. The number of carbonyl (C=O) groups is 2. The Morgan fingerprint density at radius 3 is 2.26 bits per heavy atom. The molecule has 0 aliphatic carbocycles. The van der Waals surface area contributed by atoms with Crippen LogP contribution in [-0.4, -0.2) is 31.1 Å². The maximum atomic E-state index is 13.1. The Labute approximate surface area is 232 Å². The molecule has 3 aromatic carbocycles. The van der Waals surface area contributed by atoms with Crippen LogP contribution < -0.4 is 15.6 Å². The fourth-order valence-electron chi connectivity index (χ4n) is 3.89. The standard InChI is InChI=1S/C31H29ClN4O3/c1-3-36(4-2)26-16-10-22(11-17-26)20-28(34-30(37)24-8-6-5-7-9-24)31(38)35-33-21-27-18-19-29(39-27)23-12-14-25(32)15-13-23/h5-21H,3-4H2,1-2H3,(H,34,37)(H,35,38)/b28-20+,33-21?. The molecule has 0 bridgehead atoms. The van der Waals surface area contributed by atoms with Gasteiger partial charge in [-0.1, -0.05) is 41.9 Å². The molecule has 1 aromatic heterocycles. The predicted molar refractivity (Wildman–Crippen MR) is 157 cm³/mol. The Bertz CT molecular complexity index is 1460. The topological polar surface area (TPSA) is 86.9 Å². The molecule has 0 saturated heterocycles. The van der Waals surface area contributed by atoms with Crippen LogP contribution in [0.25, 0.3) is 17.4 Å². The van der Waals surface area contributed by atoms with Crippen LogP contribution in [0, 0.1) is 0 Å². The summed E-state index contributed by atoms with van der Waals surface area (Å²) in [5.74, 6) is 0.113. The van der Waals surface area contributed by atoms with Gasteiger partial charge in [-0.05, 0) is 86.2 Å². The molecule has 0 radical (unpaired) electrons. The first kappa shape index (κ1) is 27.4. The van der Waals surface area contributed by atoms with Gasteiger partial charge < -0.3 is 14.6 Å². The zero-order valence-corrected chi connectivity index (χ0v) is 22.5. The minimum Gasteiger partial charge on any atom is -0.455 e. The van der Waals surface area contributed by atoms with Crippen LogP contribution in [0.2, 0.25) is 5.02 Å². The number of halogens is 1. The third-order valence-electron chi connectivity index (χ3n) is 5.97. The van der Waals surface area contributed by atoms with E-state index in [0.717, 1.165) is 29.9 Å². The first-order valence-electron chi connectivity index (χ1n) is 12.6. The summed E-state index contributed by atoms with van der Waals surface area (Å²) in [6.07, 6.45) is 3.01. The highest BCUT2D eigenvalue weighted by Gasteiger charge is 2.15. The zero-order chi connectivity index (χ0) is 27.6. The number of carbonyl (C=O) groups excluding carboxylic acids is 2. The maximum Gasteiger partial charge on any atom is 0.287 e. The van der Waals surface area contributed by atoms with Crippen molar-refractivity contribution in [1.82, 2.24) is 10.7 Å². The van der Waals surface area contributed by atoms with E-state index >= 15 is 0 Å². The lowest BCUT2D eigenvalue weighted by atomic mass is 10.1. The molecule has 0 atom stereocenters. The van der Waals surface area contributed by atoms with Gasteiger partial charge in [-0.15, -0.1) is 0 Å². The van der Waals surface area contributed by atoms with Crippen molar-refractivity contribution in [3.05, 3.63) is 119 Å². The van der Waals surface area contributed by atoms with Gasteiger partial charge in [0.1, 0.15) is 17.2 Å². The summed E-state index contributed by atoms with van der Waals surface area (Å²) < 4.78 is 5.79. The van der Waals surface area contributed by atoms with Crippen molar-refractivity contribution in [2.24, 2.45) is 5.10 Å². The number of amides is 2. The number of anilines is 1. The van der Waals surface area contributed by atoms with E-state index in [9.17, 15) is 9.59 Å². The second kappa shape index (κ2) is 13.3. The molecule has 2 amide bonds. The Morgan fingerprint density at radius 1 is 0.897 bits per heavy atom. The number of rotatable bonds is 10. The van der Waals surface area contributed by atoms with Crippen LogP contribution in [0.3, 0.4) is 0 Å². The predicted octanol–water partition coefficient (Wildman–Crippen LogP) is 6.37. The van der Waals surface area contributed by atoms with E-state index in [1.54, 1.807) is 54.6 Å². The summed E-state index contributed by atoms with van der Waals surface area (Å²) in [6, 6.07) is 27.3. The highest BCUT2D eigenvalue weighted by molar-refractivity contribution is 6.30. The summed E-state index contributed by atoms with van der Waals surface area (Å²) in [7, 11) is 0. The van der Waals surface area contributed by atoms with Crippen molar-refractivity contribution in [2.75, 3.05) is 18.0 Å². The molecule has 0 fully saturated rings. The fraction of sp³-hybridized carbons (Fsp3) is 0.129. The normalized spacial score (nSPS) is 11.4. The molecule has 0 unspecified atom stereocenters. The van der Waals surface area contributed by atoms with E-state index in [1.165, 1.54) is 6.21 Å². The molecule has 1 heterocycles. The van der Waals surface area contributed by atoms with E-state index in [4.69, 9.17) is 16.0 Å². The largest absolute Gasteiger partial charge is 0.455 e. The number of hydrogen-bond donors (Lipinski definition) is 2. The lowest BCUT2D eigenvalue weighted by Crippen LogP contribution is -2.32. The lowest BCUT2D eigenvalue weighted by Gasteiger charge is -2.20. The van der Waals surface area contributed by atoms with Crippen LogP contribution in [0.4, 0.5) is 5.69 Å². The highest BCUT2D eigenvalue weighted by atomic mass is 35.5. The second-order valence-corrected chi connectivity index (χ2v) is 8.99. The number of nitrogens with one attached hydrogen (secondary N) is 2. The van der Waals surface area contributed by atoms with Gasteiger partial charge in [0, 0.05) is 34.9 Å². The quantitative estimate of drug-likeness (QED) is 0.139. The van der Waals surface area contributed by atoms with Gasteiger partial charge in [-0.3, -0.25) is 9.59 Å². The molecular formula is C31H29ClN4O3. The van der Waals surface area contributed by atoms with Gasteiger partial charge >= 0.3 is 0 Å². The van der Waals surface area contributed by atoms with E-state index in [0.29, 0.717) is 22.1 Å². The van der Waals surface area contributed by atoms with Crippen LogP contribution in [0.1, 0.15) is 35.5 Å². The summed E-state index contributed by atoms with van der Waals surface area (Å²) in [4.78, 5) is 28.1. The summed E-state index contributed by atoms with van der Waals surface area (Å²) in [5, 5.41) is 7.38. The zero-order valence-electron chi connectivity index (χ0n) is 21.7. The maximum absolute atomic E-state index is 13.1. The van der Waals surface area contributed by atoms with Gasteiger partial charge in [-0.2, -0.15) is 5.10 Å². The molecule has 4 aromatic rings. The van der Waals surface area contributed by atoms with Gasteiger partial charge in [0.15, 0.2) is 0 Å². The van der Waals surface area contributed by atoms with Crippen molar-refractivity contribution < 1.29 is 14.0 Å². The van der Waals surface area contributed by atoms with Crippen LogP contribution >= 0.6 is 11.6 Å². The highest BCUT2D eigenvalue weighted by Crippen LogP contribution is 2.23. The Kier molecular flexibility index (Phi) is 9.32. The van der Waals surface area contributed by atoms with E-state index in [-0.39, 0.29) is 5.70 Å². The molecule has 0 saturated carbocycles. The van der Waals surface area contributed by atoms with Gasteiger partial charge in [0.2, 0.25) is 0 Å². The van der Waals surface area contributed by atoms with E-state index in [2.05, 4.69) is 34.6 Å². The first-order valence-corrected chi connectivity index (χ1v) is 13.0. The molecular weight excluding hydrogens is 512 g/mol. The minimum atomic E-state index is -0.576. The third-order valence-corrected chi connectivity index (χ3v) is 6.23. The monoisotopic (exact) mass is 540 g/mol. The molecule has 39 heavy (non-hydrogen) atoms. The van der Waals surface area contributed by atoms with E-state index in [1.807, 2.05) is 42.5 Å². The summed E-state index contributed by atoms with van der Waals surface area (Å²) >= 11 is 5.95. The van der Waals surface area contributed by atoms with Crippen molar-refractivity contribution >= 4 is 41.4 Å². The Hall–Kier alpha value is -4.62. The number of nitrogens with zero attached hydrogens (tertiary/aromatic N) is 2. The lowest BCUT2D eigenvalue weighted by molar-refractivity contribution is -0.117. The van der Waals surface area contributed by atoms with Gasteiger partial charge in [0.05, 0.1) is 6.21 Å². The molecule has 7 nitrogen and oxygen atoms in total. The van der Waals surface area contributed by atoms with Gasteiger partial charge in [0.25, 0.3) is 11.8 Å². The third kappa shape index (κ3) is 7.46. The second-order valence-electron chi connectivity index (χ2n) is 8.55. The molecule has 0 aliphatic heterocycles. The van der Waals surface area contributed by atoms with Gasteiger partial charge in [-0.25, -0.2) is 5.43 Å². The van der Waals surface area contributed by atoms with Crippen LogP contribution in [0.5, 0.6) is 0 Å². The van der Waals surface area contributed by atoms with Crippen molar-refractivity contribution in [2.45, 2.75) is 13.8 Å². The average molecular weight is 541 g/mol. The Balaban J connectivity index is 1.51. The minimum absolute atomic E-state index is 0.0536. The van der Waals surface area contributed by atoms with Crippen molar-refractivity contribution in [3.63, 3.8) is 0 Å². The molecule has 0 spiro atoms. The molecule has 8 heteroatoms. The number of benzene rings is 3. The van der Waals surface area contributed by atoms with Crippen molar-refractivity contribution in [3.8, 4) is 11.3 Å². The summed E-state index contributed by atoms with van der Waals surface area (Å²) in [5.41, 5.74) is 5.66. The average Bonchev–Trinajstić information content (AvgIpc) is 3.44. The Morgan fingerprint density at radius 2 is 1.59 bits per heavy atom.